The molecule has 1 aliphatic rings. The molecular formula is C18H17FN4O. The van der Waals surface area contributed by atoms with E-state index in [9.17, 15) is 4.39 Å². The molecule has 0 aliphatic carbocycles. The summed E-state index contributed by atoms with van der Waals surface area (Å²) in [6.45, 7) is 0. The van der Waals surface area contributed by atoms with E-state index < -0.39 is 0 Å². The van der Waals surface area contributed by atoms with Crippen LogP contribution in [-0.4, -0.2) is 21.9 Å². The second kappa shape index (κ2) is 5.96. The lowest BCUT2D eigenvalue weighted by atomic mass is 9.93. The molecule has 0 saturated carbocycles. The third-order valence-electron chi connectivity index (χ3n) is 4.38. The van der Waals surface area contributed by atoms with Gasteiger partial charge in [-0.1, -0.05) is 24.3 Å². The van der Waals surface area contributed by atoms with Crippen molar-refractivity contribution in [3.05, 3.63) is 71.8 Å². The maximum atomic E-state index is 13.3. The summed E-state index contributed by atoms with van der Waals surface area (Å²) >= 11 is 0. The van der Waals surface area contributed by atoms with E-state index in [0.29, 0.717) is 5.95 Å². The van der Waals surface area contributed by atoms with Gasteiger partial charge in [-0.25, -0.2) is 9.07 Å². The number of aromatic nitrogens is 3. The molecule has 1 aromatic heterocycles. The highest BCUT2D eigenvalue weighted by atomic mass is 19.1. The SMILES string of the molecule is COc1cccc([C@@H]2C[C@@H](c3ccc(F)cc3)n3ncnc3N2)c1. The van der Waals surface area contributed by atoms with E-state index in [0.717, 1.165) is 23.3 Å². The van der Waals surface area contributed by atoms with Crippen molar-refractivity contribution in [1.82, 2.24) is 14.8 Å². The first kappa shape index (κ1) is 14.7. The maximum absolute atomic E-state index is 13.3. The molecule has 0 saturated heterocycles. The molecule has 0 spiro atoms. The van der Waals surface area contributed by atoms with Crippen molar-refractivity contribution in [2.75, 3.05) is 12.4 Å². The molecule has 24 heavy (non-hydrogen) atoms. The monoisotopic (exact) mass is 324 g/mol. The number of rotatable bonds is 3. The zero-order valence-electron chi connectivity index (χ0n) is 13.2. The quantitative estimate of drug-likeness (QED) is 0.800. The van der Waals surface area contributed by atoms with E-state index in [4.69, 9.17) is 4.74 Å². The van der Waals surface area contributed by atoms with Gasteiger partial charge in [-0.05, 0) is 41.8 Å². The molecule has 3 aromatic rings. The van der Waals surface area contributed by atoms with Gasteiger partial charge in [0.15, 0.2) is 0 Å². The number of anilines is 1. The van der Waals surface area contributed by atoms with Crippen molar-refractivity contribution in [2.24, 2.45) is 0 Å². The van der Waals surface area contributed by atoms with Crippen LogP contribution >= 0.6 is 0 Å². The Kier molecular flexibility index (Phi) is 3.65. The van der Waals surface area contributed by atoms with Crippen molar-refractivity contribution in [3.8, 4) is 5.75 Å². The van der Waals surface area contributed by atoms with Gasteiger partial charge >= 0.3 is 0 Å². The summed E-state index contributed by atoms with van der Waals surface area (Å²) < 4.78 is 20.4. The van der Waals surface area contributed by atoms with Crippen molar-refractivity contribution in [2.45, 2.75) is 18.5 Å². The molecule has 0 radical (unpaired) electrons. The second-order valence-corrected chi connectivity index (χ2v) is 5.80. The Morgan fingerprint density at radius 3 is 2.79 bits per heavy atom. The van der Waals surface area contributed by atoms with Crippen LogP contribution in [0.25, 0.3) is 0 Å². The van der Waals surface area contributed by atoms with Gasteiger partial charge in [0.1, 0.15) is 17.9 Å². The van der Waals surface area contributed by atoms with Gasteiger partial charge in [0.2, 0.25) is 5.95 Å². The lowest BCUT2D eigenvalue weighted by Crippen LogP contribution is -2.28. The van der Waals surface area contributed by atoms with Crippen LogP contribution in [0.15, 0.2) is 54.9 Å². The van der Waals surface area contributed by atoms with E-state index in [1.54, 1.807) is 19.2 Å². The lowest BCUT2D eigenvalue weighted by Gasteiger charge is -2.32. The predicted octanol–water partition coefficient (Wildman–Crippen LogP) is 3.57. The zero-order chi connectivity index (χ0) is 16.5. The van der Waals surface area contributed by atoms with E-state index in [-0.39, 0.29) is 17.9 Å². The molecule has 0 amide bonds. The standard InChI is InChI=1S/C18H17FN4O/c1-24-15-4-2-3-13(9-15)16-10-17(12-5-7-14(19)8-6-12)23-18(22-16)20-11-21-23/h2-9,11,16-17H,10H2,1H3,(H,20,21,22)/t16-,17-/m0/s1. The maximum Gasteiger partial charge on any atom is 0.222 e. The highest BCUT2D eigenvalue weighted by molar-refractivity contribution is 5.40. The first-order valence-corrected chi connectivity index (χ1v) is 7.80. The molecule has 1 aliphatic heterocycles. The van der Waals surface area contributed by atoms with Crippen LogP contribution < -0.4 is 10.1 Å². The second-order valence-electron chi connectivity index (χ2n) is 5.80. The van der Waals surface area contributed by atoms with Crippen LogP contribution in [0.2, 0.25) is 0 Å². The smallest absolute Gasteiger partial charge is 0.222 e. The largest absolute Gasteiger partial charge is 0.497 e. The molecule has 0 fully saturated rings. The number of ether oxygens (including phenoxy) is 1. The number of benzene rings is 2. The van der Waals surface area contributed by atoms with Crippen LogP contribution in [0, 0.1) is 5.82 Å². The first-order valence-electron chi connectivity index (χ1n) is 7.80. The van der Waals surface area contributed by atoms with E-state index in [1.807, 2.05) is 22.9 Å². The van der Waals surface area contributed by atoms with Gasteiger partial charge in [0, 0.05) is 0 Å². The van der Waals surface area contributed by atoms with Gasteiger partial charge in [0.05, 0.1) is 19.2 Å². The fraction of sp³-hybridized carbons (Fsp3) is 0.222. The lowest BCUT2D eigenvalue weighted by molar-refractivity contribution is 0.410. The molecule has 2 atom stereocenters. The molecule has 2 heterocycles. The number of hydrogen-bond donors (Lipinski definition) is 1. The number of hydrogen-bond acceptors (Lipinski definition) is 4. The molecule has 1 N–H and O–H groups in total. The number of nitrogens with one attached hydrogen (secondary N) is 1. The molecule has 6 heteroatoms. The fourth-order valence-corrected chi connectivity index (χ4v) is 3.16. The van der Waals surface area contributed by atoms with E-state index in [2.05, 4.69) is 21.5 Å². The Balaban J connectivity index is 1.71. The summed E-state index contributed by atoms with van der Waals surface area (Å²) in [5.41, 5.74) is 2.13. The van der Waals surface area contributed by atoms with Crippen molar-refractivity contribution < 1.29 is 9.13 Å². The number of methoxy groups -OCH3 is 1. The Labute approximate surface area is 139 Å². The van der Waals surface area contributed by atoms with Crippen molar-refractivity contribution in [1.29, 1.82) is 0 Å². The van der Waals surface area contributed by atoms with Gasteiger partial charge in [0.25, 0.3) is 0 Å². The Hall–Kier alpha value is -2.89. The van der Waals surface area contributed by atoms with Gasteiger partial charge in [-0.2, -0.15) is 10.1 Å². The summed E-state index contributed by atoms with van der Waals surface area (Å²) in [7, 11) is 1.66. The van der Waals surface area contributed by atoms with Crippen LogP contribution in [0.5, 0.6) is 5.75 Å². The first-order chi connectivity index (χ1) is 11.7. The van der Waals surface area contributed by atoms with Gasteiger partial charge < -0.3 is 10.1 Å². The zero-order valence-corrected chi connectivity index (χ0v) is 13.2. The van der Waals surface area contributed by atoms with Crippen LogP contribution in [0.4, 0.5) is 10.3 Å². The molecular weight excluding hydrogens is 307 g/mol. The third kappa shape index (κ3) is 2.60. The highest BCUT2D eigenvalue weighted by Crippen LogP contribution is 2.37. The highest BCUT2D eigenvalue weighted by Gasteiger charge is 2.30. The number of nitrogens with zero attached hydrogens (tertiary/aromatic N) is 3. The summed E-state index contributed by atoms with van der Waals surface area (Å²) in [6, 6.07) is 14.6. The molecule has 2 aromatic carbocycles. The number of fused-ring (bicyclic) bond motifs is 1. The minimum atomic E-state index is -0.240. The fourth-order valence-electron chi connectivity index (χ4n) is 3.16. The molecule has 122 valence electrons. The van der Waals surface area contributed by atoms with Crippen molar-refractivity contribution >= 4 is 5.95 Å². The minimum Gasteiger partial charge on any atom is -0.497 e. The summed E-state index contributed by atoms with van der Waals surface area (Å²) in [6.07, 6.45) is 2.32. The van der Waals surface area contributed by atoms with Crippen LogP contribution in [0.3, 0.4) is 0 Å². The van der Waals surface area contributed by atoms with Gasteiger partial charge in [-0.15, -0.1) is 0 Å². The predicted molar refractivity (Wildman–Crippen MR) is 88.5 cm³/mol. The van der Waals surface area contributed by atoms with Crippen LogP contribution in [0.1, 0.15) is 29.6 Å². The molecule has 4 rings (SSSR count). The molecule has 5 nitrogen and oxygen atoms in total. The normalized spacial score (nSPS) is 19.4. The number of halogens is 1. The van der Waals surface area contributed by atoms with E-state index >= 15 is 0 Å². The molecule has 0 unspecified atom stereocenters. The Morgan fingerprint density at radius 2 is 2.00 bits per heavy atom. The third-order valence-corrected chi connectivity index (χ3v) is 4.38. The van der Waals surface area contributed by atoms with Crippen LogP contribution in [-0.2, 0) is 0 Å². The average molecular weight is 324 g/mol. The summed E-state index contributed by atoms with van der Waals surface area (Å²) in [4.78, 5) is 4.30. The Morgan fingerprint density at radius 1 is 1.17 bits per heavy atom. The Bertz CT molecular complexity index is 846. The van der Waals surface area contributed by atoms with Crippen molar-refractivity contribution in [3.63, 3.8) is 0 Å². The average Bonchev–Trinajstić information content (AvgIpc) is 3.10. The topological polar surface area (TPSA) is 52.0 Å². The van der Waals surface area contributed by atoms with E-state index in [1.165, 1.54) is 18.5 Å². The summed E-state index contributed by atoms with van der Waals surface area (Å²) in [5.74, 6) is 1.29. The summed E-state index contributed by atoms with van der Waals surface area (Å²) in [5, 5.41) is 7.74. The van der Waals surface area contributed by atoms with Gasteiger partial charge in [-0.3, -0.25) is 0 Å². The molecule has 0 bridgehead atoms. The minimum absolute atomic E-state index is 0.000510.